The van der Waals surface area contributed by atoms with Gasteiger partial charge >= 0.3 is 0 Å². The summed E-state index contributed by atoms with van der Waals surface area (Å²) in [7, 11) is 0. The van der Waals surface area contributed by atoms with Crippen LogP contribution in [0.1, 0.15) is 18.4 Å². The Morgan fingerprint density at radius 2 is 2.00 bits per heavy atom. The van der Waals surface area contributed by atoms with E-state index in [-0.39, 0.29) is 0 Å². The van der Waals surface area contributed by atoms with Crippen molar-refractivity contribution < 1.29 is 4.74 Å². The molecule has 0 radical (unpaired) electrons. The van der Waals surface area contributed by atoms with E-state index >= 15 is 0 Å². The topological polar surface area (TPSA) is 35.2 Å². The first-order valence-corrected chi connectivity index (χ1v) is 5.30. The molecule has 1 aliphatic rings. The maximum absolute atomic E-state index is 5.62. The highest BCUT2D eigenvalue weighted by molar-refractivity contribution is 5.38. The molecule has 0 aromatic heterocycles. The molecule has 1 fully saturated rings. The summed E-state index contributed by atoms with van der Waals surface area (Å²) < 4.78 is 5.62. The standard InChI is InChI=1S/C13H15NO/c14-9-1-2-11-5-7-13(8-6-11)15-10-12-3-4-12/h5-8,12H,3-4,9-10,14H2. The minimum atomic E-state index is 0.403. The summed E-state index contributed by atoms with van der Waals surface area (Å²) in [4.78, 5) is 0. The zero-order chi connectivity index (χ0) is 10.5. The van der Waals surface area contributed by atoms with Crippen LogP contribution in [0.4, 0.5) is 0 Å². The number of nitrogens with two attached hydrogens (primary N) is 1. The van der Waals surface area contributed by atoms with Crippen molar-refractivity contribution in [2.24, 2.45) is 11.7 Å². The van der Waals surface area contributed by atoms with Gasteiger partial charge in [0.1, 0.15) is 5.75 Å². The summed E-state index contributed by atoms with van der Waals surface area (Å²) in [5, 5.41) is 0. The quantitative estimate of drug-likeness (QED) is 0.757. The Bertz CT molecular complexity index is 368. The Kier molecular flexibility index (Phi) is 3.26. The fraction of sp³-hybridized carbons (Fsp3) is 0.385. The number of ether oxygens (including phenoxy) is 1. The van der Waals surface area contributed by atoms with Crippen LogP contribution in [0.2, 0.25) is 0 Å². The molecule has 2 heteroatoms. The van der Waals surface area contributed by atoms with Crippen molar-refractivity contribution in [3.8, 4) is 17.6 Å². The smallest absolute Gasteiger partial charge is 0.119 e. The predicted molar refractivity (Wildman–Crippen MR) is 60.6 cm³/mol. The van der Waals surface area contributed by atoms with E-state index in [4.69, 9.17) is 10.5 Å². The average molecular weight is 201 g/mol. The lowest BCUT2D eigenvalue weighted by Crippen LogP contribution is -1.98. The van der Waals surface area contributed by atoms with Gasteiger partial charge in [0.25, 0.3) is 0 Å². The molecule has 2 nitrogen and oxygen atoms in total. The van der Waals surface area contributed by atoms with E-state index < -0.39 is 0 Å². The van der Waals surface area contributed by atoms with Gasteiger partial charge in [0, 0.05) is 5.56 Å². The van der Waals surface area contributed by atoms with E-state index in [0.717, 1.165) is 23.8 Å². The molecule has 15 heavy (non-hydrogen) atoms. The van der Waals surface area contributed by atoms with Crippen molar-refractivity contribution in [3.05, 3.63) is 29.8 Å². The highest BCUT2D eigenvalue weighted by atomic mass is 16.5. The lowest BCUT2D eigenvalue weighted by Gasteiger charge is -2.04. The molecule has 0 heterocycles. The second-order valence-corrected chi connectivity index (χ2v) is 3.78. The Morgan fingerprint density at radius 3 is 2.60 bits per heavy atom. The first-order chi connectivity index (χ1) is 7.38. The zero-order valence-electron chi connectivity index (χ0n) is 8.70. The molecule has 0 bridgehead atoms. The second-order valence-electron chi connectivity index (χ2n) is 3.78. The monoisotopic (exact) mass is 201 g/mol. The van der Waals surface area contributed by atoms with E-state index in [1.807, 2.05) is 24.3 Å². The largest absolute Gasteiger partial charge is 0.493 e. The third kappa shape index (κ3) is 3.30. The lowest BCUT2D eigenvalue weighted by atomic mass is 10.2. The number of hydrogen-bond donors (Lipinski definition) is 1. The van der Waals surface area contributed by atoms with Crippen LogP contribution in [-0.2, 0) is 0 Å². The number of rotatable bonds is 3. The van der Waals surface area contributed by atoms with Crippen molar-refractivity contribution >= 4 is 0 Å². The molecular formula is C13H15NO. The average Bonchev–Trinajstić information content (AvgIpc) is 3.09. The van der Waals surface area contributed by atoms with Gasteiger partial charge in [0.15, 0.2) is 0 Å². The van der Waals surface area contributed by atoms with Gasteiger partial charge in [-0.2, -0.15) is 0 Å². The number of benzene rings is 1. The summed E-state index contributed by atoms with van der Waals surface area (Å²) in [6, 6.07) is 7.85. The zero-order valence-corrected chi connectivity index (χ0v) is 8.70. The van der Waals surface area contributed by atoms with Crippen LogP contribution in [0.3, 0.4) is 0 Å². The molecule has 0 aliphatic heterocycles. The fourth-order valence-corrected chi connectivity index (χ4v) is 1.29. The Labute approximate surface area is 90.4 Å². The minimum absolute atomic E-state index is 0.403. The van der Waals surface area contributed by atoms with Crippen LogP contribution in [0.5, 0.6) is 5.75 Å². The van der Waals surface area contributed by atoms with E-state index in [2.05, 4.69) is 11.8 Å². The van der Waals surface area contributed by atoms with Gasteiger partial charge in [-0.1, -0.05) is 11.8 Å². The predicted octanol–water partition coefficient (Wildman–Crippen LogP) is 1.79. The van der Waals surface area contributed by atoms with Crippen molar-refractivity contribution in [1.82, 2.24) is 0 Å². The third-order valence-corrected chi connectivity index (χ3v) is 2.37. The molecule has 0 spiro atoms. The van der Waals surface area contributed by atoms with E-state index in [1.165, 1.54) is 12.8 Å². The summed E-state index contributed by atoms with van der Waals surface area (Å²) in [6.07, 6.45) is 2.64. The van der Waals surface area contributed by atoms with Gasteiger partial charge < -0.3 is 10.5 Å². The second kappa shape index (κ2) is 4.86. The van der Waals surface area contributed by atoms with E-state index in [1.54, 1.807) is 0 Å². The highest BCUT2D eigenvalue weighted by Gasteiger charge is 2.21. The van der Waals surface area contributed by atoms with Crippen molar-refractivity contribution in [2.45, 2.75) is 12.8 Å². The normalized spacial score (nSPS) is 14.2. The van der Waals surface area contributed by atoms with Crippen LogP contribution in [0.15, 0.2) is 24.3 Å². The molecule has 0 amide bonds. The van der Waals surface area contributed by atoms with Crippen molar-refractivity contribution in [2.75, 3.05) is 13.2 Å². The Hall–Kier alpha value is -1.46. The van der Waals surface area contributed by atoms with Gasteiger partial charge in [-0.3, -0.25) is 0 Å². The maximum atomic E-state index is 5.62. The van der Waals surface area contributed by atoms with Crippen LogP contribution in [0.25, 0.3) is 0 Å². The molecule has 1 saturated carbocycles. The fourth-order valence-electron chi connectivity index (χ4n) is 1.29. The van der Waals surface area contributed by atoms with Crippen molar-refractivity contribution in [3.63, 3.8) is 0 Å². The van der Waals surface area contributed by atoms with Gasteiger partial charge in [0.2, 0.25) is 0 Å². The summed E-state index contributed by atoms with van der Waals surface area (Å²) in [5.74, 6) is 7.52. The molecule has 78 valence electrons. The molecule has 2 rings (SSSR count). The van der Waals surface area contributed by atoms with E-state index in [9.17, 15) is 0 Å². The van der Waals surface area contributed by atoms with Crippen LogP contribution < -0.4 is 10.5 Å². The van der Waals surface area contributed by atoms with Gasteiger partial charge in [-0.25, -0.2) is 0 Å². The molecule has 0 unspecified atom stereocenters. The lowest BCUT2D eigenvalue weighted by molar-refractivity contribution is 0.300. The highest BCUT2D eigenvalue weighted by Crippen LogP contribution is 2.29. The number of hydrogen-bond acceptors (Lipinski definition) is 2. The van der Waals surface area contributed by atoms with Crippen LogP contribution in [-0.4, -0.2) is 13.2 Å². The van der Waals surface area contributed by atoms with Gasteiger partial charge in [-0.15, -0.1) is 0 Å². The molecule has 0 saturated heterocycles. The summed E-state index contributed by atoms with van der Waals surface area (Å²) in [5.41, 5.74) is 6.28. The summed E-state index contributed by atoms with van der Waals surface area (Å²) in [6.45, 7) is 1.26. The maximum Gasteiger partial charge on any atom is 0.119 e. The molecular weight excluding hydrogens is 186 g/mol. The Balaban J connectivity index is 1.90. The van der Waals surface area contributed by atoms with Crippen LogP contribution >= 0.6 is 0 Å². The molecule has 1 aromatic rings. The molecule has 2 N–H and O–H groups in total. The summed E-state index contributed by atoms with van der Waals surface area (Å²) >= 11 is 0. The molecule has 1 aliphatic carbocycles. The SMILES string of the molecule is NCC#Cc1ccc(OCC2CC2)cc1. The third-order valence-electron chi connectivity index (χ3n) is 2.37. The van der Waals surface area contributed by atoms with E-state index in [0.29, 0.717) is 6.54 Å². The van der Waals surface area contributed by atoms with Gasteiger partial charge in [-0.05, 0) is 43.0 Å². The van der Waals surface area contributed by atoms with Gasteiger partial charge in [0.05, 0.1) is 13.2 Å². The molecule has 0 atom stereocenters. The minimum Gasteiger partial charge on any atom is -0.493 e. The first-order valence-electron chi connectivity index (χ1n) is 5.30. The first kappa shape index (κ1) is 10.1. The molecule has 1 aromatic carbocycles. The van der Waals surface area contributed by atoms with Crippen LogP contribution in [0, 0.1) is 17.8 Å². The van der Waals surface area contributed by atoms with Crippen molar-refractivity contribution in [1.29, 1.82) is 0 Å². The Morgan fingerprint density at radius 1 is 1.27 bits per heavy atom.